The van der Waals surface area contributed by atoms with Crippen LogP contribution in [0.2, 0.25) is 0 Å². The second-order valence-electron chi connectivity index (χ2n) is 7.48. The molecule has 7 nitrogen and oxygen atoms in total. The van der Waals surface area contributed by atoms with Crippen molar-refractivity contribution in [1.82, 2.24) is 10.3 Å². The van der Waals surface area contributed by atoms with Crippen LogP contribution in [0.15, 0.2) is 54.7 Å². The smallest absolute Gasteiger partial charge is 0.227 e. The Bertz CT molecular complexity index is 1110. The summed E-state index contributed by atoms with van der Waals surface area (Å²) in [5.41, 5.74) is 2.74. The van der Waals surface area contributed by atoms with E-state index in [9.17, 15) is 9.59 Å². The highest BCUT2D eigenvalue weighted by Crippen LogP contribution is 2.34. The minimum Gasteiger partial charge on any atom is -0.493 e. The second kappa shape index (κ2) is 9.04. The van der Waals surface area contributed by atoms with Gasteiger partial charge < -0.3 is 19.7 Å². The molecule has 1 saturated heterocycles. The Labute approximate surface area is 181 Å². The lowest BCUT2D eigenvalue weighted by Gasteiger charge is -2.18. The lowest BCUT2D eigenvalue weighted by Crippen LogP contribution is -2.34. The predicted molar refractivity (Wildman–Crippen MR) is 118 cm³/mol. The predicted octanol–water partition coefficient (Wildman–Crippen LogP) is 2.96. The molecule has 1 atom stereocenters. The van der Waals surface area contributed by atoms with E-state index >= 15 is 0 Å². The Morgan fingerprint density at radius 2 is 1.94 bits per heavy atom. The fraction of sp³-hybridized carbons (Fsp3) is 0.292. The average Bonchev–Trinajstić information content (AvgIpc) is 3.20. The molecule has 0 saturated carbocycles. The molecule has 4 rings (SSSR count). The number of hydrogen-bond acceptors (Lipinski definition) is 5. The SMILES string of the molecule is COc1ccc(N2CC(C(=O)NCCc3cccc4cccnc34)CC2=O)cc1OC. The first-order chi connectivity index (χ1) is 15.1. The van der Waals surface area contributed by atoms with E-state index in [-0.39, 0.29) is 24.2 Å². The molecule has 0 radical (unpaired) electrons. The highest BCUT2D eigenvalue weighted by atomic mass is 16.5. The van der Waals surface area contributed by atoms with Gasteiger partial charge in [-0.05, 0) is 30.2 Å². The van der Waals surface area contributed by atoms with Crippen LogP contribution in [0, 0.1) is 5.92 Å². The van der Waals surface area contributed by atoms with Crippen LogP contribution in [0.4, 0.5) is 5.69 Å². The van der Waals surface area contributed by atoms with Gasteiger partial charge in [0.15, 0.2) is 11.5 Å². The number of carbonyl (C=O) groups is 2. The zero-order chi connectivity index (χ0) is 21.8. The molecule has 31 heavy (non-hydrogen) atoms. The summed E-state index contributed by atoms with van der Waals surface area (Å²) in [5.74, 6) is 0.570. The molecule has 2 amide bonds. The molecule has 3 aromatic rings. The summed E-state index contributed by atoms with van der Waals surface area (Å²) in [6, 6.07) is 15.3. The maximum atomic E-state index is 12.7. The average molecular weight is 419 g/mol. The molecular formula is C24H25N3O4. The van der Waals surface area contributed by atoms with E-state index in [0.717, 1.165) is 16.5 Å². The molecule has 0 spiro atoms. The number of carbonyl (C=O) groups excluding carboxylic acids is 2. The van der Waals surface area contributed by atoms with E-state index in [1.54, 1.807) is 43.5 Å². The molecule has 2 aromatic carbocycles. The van der Waals surface area contributed by atoms with Gasteiger partial charge in [-0.15, -0.1) is 0 Å². The number of anilines is 1. The quantitative estimate of drug-likeness (QED) is 0.637. The van der Waals surface area contributed by atoms with E-state index in [1.807, 2.05) is 30.3 Å². The van der Waals surface area contributed by atoms with Crippen LogP contribution in [0.5, 0.6) is 11.5 Å². The third-order valence-corrected chi connectivity index (χ3v) is 5.58. The summed E-state index contributed by atoms with van der Waals surface area (Å²) in [6.45, 7) is 0.839. The van der Waals surface area contributed by atoms with E-state index < -0.39 is 0 Å². The number of para-hydroxylation sites is 1. The van der Waals surface area contributed by atoms with Gasteiger partial charge in [0.25, 0.3) is 0 Å². The first-order valence-electron chi connectivity index (χ1n) is 10.2. The molecule has 1 aromatic heterocycles. The minimum atomic E-state index is -0.383. The van der Waals surface area contributed by atoms with Crippen LogP contribution in [-0.2, 0) is 16.0 Å². The number of rotatable bonds is 7. The molecule has 1 unspecified atom stereocenters. The van der Waals surface area contributed by atoms with Gasteiger partial charge in [-0.1, -0.05) is 24.3 Å². The topological polar surface area (TPSA) is 80.8 Å². The number of amides is 2. The van der Waals surface area contributed by atoms with Crippen molar-refractivity contribution in [1.29, 1.82) is 0 Å². The van der Waals surface area contributed by atoms with Crippen LogP contribution >= 0.6 is 0 Å². The molecule has 1 aliphatic heterocycles. The molecule has 1 fully saturated rings. The first kappa shape index (κ1) is 20.7. The number of benzene rings is 2. The first-order valence-corrected chi connectivity index (χ1v) is 10.2. The number of fused-ring (bicyclic) bond motifs is 1. The minimum absolute atomic E-state index is 0.0781. The summed E-state index contributed by atoms with van der Waals surface area (Å²) in [4.78, 5) is 31.3. The van der Waals surface area contributed by atoms with E-state index in [2.05, 4.69) is 10.3 Å². The Balaban J connectivity index is 1.37. The van der Waals surface area contributed by atoms with Gasteiger partial charge in [0.05, 0.1) is 25.7 Å². The summed E-state index contributed by atoms with van der Waals surface area (Å²) in [5, 5.41) is 4.06. The molecule has 7 heteroatoms. The monoisotopic (exact) mass is 419 g/mol. The number of methoxy groups -OCH3 is 2. The summed E-state index contributed by atoms with van der Waals surface area (Å²) < 4.78 is 10.6. The number of aromatic nitrogens is 1. The molecular weight excluding hydrogens is 394 g/mol. The van der Waals surface area contributed by atoms with Gasteiger partial charge in [-0.25, -0.2) is 0 Å². The highest BCUT2D eigenvalue weighted by molar-refractivity contribution is 6.00. The largest absolute Gasteiger partial charge is 0.493 e. The van der Waals surface area contributed by atoms with Gasteiger partial charge in [-0.3, -0.25) is 14.6 Å². The van der Waals surface area contributed by atoms with Crippen LogP contribution in [0.1, 0.15) is 12.0 Å². The maximum absolute atomic E-state index is 12.7. The normalized spacial score (nSPS) is 15.9. The van der Waals surface area contributed by atoms with Crippen molar-refractivity contribution in [2.45, 2.75) is 12.8 Å². The molecule has 0 bridgehead atoms. The molecule has 1 N–H and O–H groups in total. The van der Waals surface area contributed by atoms with E-state index in [4.69, 9.17) is 9.47 Å². The molecule has 1 aliphatic rings. The van der Waals surface area contributed by atoms with Crippen molar-refractivity contribution in [2.24, 2.45) is 5.92 Å². The van der Waals surface area contributed by atoms with Crippen molar-refractivity contribution < 1.29 is 19.1 Å². The zero-order valence-corrected chi connectivity index (χ0v) is 17.6. The van der Waals surface area contributed by atoms with Crippen LogP contribution < -0.4 is 19.7 Å². The Kier molecular flexibility index (Phi) is 6.02. The maximum Gasteiger partial charge on any atom is 0.227 e. The van der Waals surface area contributed by atoms with Crippen LogP contribution in [0.25, 0.3) is 10.9 Å². The van der Waals surface area contributed by atoms with Gasteiger partial charge in [0, 0.05) is 42.8 Å². The fourth-order valence-corrected chi connectivity index (χ4v) is 3.96. The van der Waals surface area contributed by atoms with Crippen molar-refractivity contribution in [2.75, 3.05) is 32.2 Å². The van der Waals surface area contributed by atoms with Gasteiger partial charge in [0.1, 0.15) is 0 Å². The summed E-state index contributed by atoms with van der Waals surface area (Å²) in [6.07, 6.45) is 2.65. The number of nitrogens with one attached hydrogen (secondary N) is 1. The number of pyridine rings is 1. The fourth-order valence-electron chi connectivity index (χ4n) is 3.96. The van der Waals surface area contributed by atoms with E-state index in [1.165, 1.54) is 0 Å². The van der Waals surface area contributed by atoms with Gasteiger partial charge >= 0.3 is 0 Å². The van der Waals surface area contributed by atoms with Crippen molar-refractivity contribution in [3.63, 3.8) is 0 Å². The van der Waals surface area contributed by atoms with Crippen molar-refractivity contribution in [3.05, 3.63) is 60.3 Å². The number of hydrogen-bond donors (Lipinski definition) is 1. The van der Waals surface area contributed by atoms with Crippen molar-refractivity contribution >= 4 is 28.4 Å². The Morgan fingerprint density at radius 3 is 2.74 bits per heavy atom. The molecule has 0 aliphatic carbocycles. The number of ether oxygens (including phenoxy) is 2. The van der Waals surface area contributed by atoms with Crippen molar-refractivity contribution in [3.8, 4) is 11.5 Å². The zero-order valence-electron chi connectivity index (χ0n) is 17.6. The number of nitrogens with zero attached hydrogens (tertiary/aromatic N) is 2. The second-order valence-corrected chi connectivity index (χ2v) is 7.48. The van der Waals surface area contributed by atoms with Gasteiger partial charge in [-0.2, -0.15) is 0 Å². The lowest BCUT2D eigenvalue weighted by molar-refractivity contribution is -0.126. The van der Waals surface area contributed by atoms with Crippen LogP contribution in [0.3, 0.4) is 0 Å². The standard InChI is InChI=1S/C24H25N3O4/c1-30-20-9-8-19(14-21(20)31-2)27-15-18(13-22(27)28)24(29)26-12-10-17-6-3-5-16-7-4-11-25-23(16)17/h3-9,11,14,18H,10,12-13,15H2,1-2H3,(H,26,29). The summed E-state index contributed by atoms with van der Waals surface area (Å²) >= 11 is 0. The van der Waals surface area contributed by atoms with E-state index in [0.29, 0.717) is 36.7 Å². The third-order valence-electron chi connectivity index (χ3n) is 5.58. The lowest BCUT2D eigenvalue weighted by atomic mass is 10.1. The highest BCUT2D eigenvalue weighted by Gasteiger charge is 2.35. The molecule has 160 valence electrons. The Hall–Kier alpha value is -3.61. The molecule has 2 heterocycles. The van der Waals surface area contributed by atoms with Gasteiger partial charge in [0.2, 0.25) is 11.8 Å². The third kappa shape index (κ3) is 4.30. The summed E-state index contributed by atoms with van der Waals surface area (Å²) in [7, 11) is 3.11. The van der Waals surface area contributed by atoms with Crippen LogP contribution in [-0.4, -0.2) is 44.1 Å². The Morgan fingerprint density at radius 1 is 1.13 bits per heavy atom.